The Balaban J connectivity index is 1.90. The number of likely N-dealkylation sites (tertiary alicyclic amines) is 1. The van der Waals surface area contributed by atoms with Gasteiger partial charge in [-0.15, -0.1) is 0 Å². The second-order valence-electron chi connectivity index (χ2n) is 6.82. The van der Waals surface area contributed by atoms with E-state index in [0.29, 0.717) is 19.0 Å². The van der Waals surface area contributed by atoms with E-state index in [1.165, 1.54) is 0 Å². The quantitative estimate of drug-likeness (QED) is 0.798. The molecule has 0 bridgehead atoms. The molecule has 2 aliphatic rings. The van der Waals surface area contributed by atoms with E-state index in [1.54, 1.807) is 0 Å². The lowest BCUT2D eigenvalue weighted by atomic mass is 9.81. The first kappa shape index (κ1) is 15.3. The maximum Gasteiger partial charge on any atom is 0.311 e. The molecular formula is C15H26N2O3. The maximum absolute atomic E-state index is 12.0. The zero-order chi connectivity index (χ0) is 14.9. The minimum absolute atomic E-state index is 0.00622. The standard InChI is InChI=1S/C15H26N2O3/c1-10(2)11(3)16-13(18)8-17-7-12-5-4-6-15(12,9-17)14(19)20/h10-12H,4-9H2,1-3H3,(H,16,18)(H,19,20)/t11?,12-,15+/m0/s1. The molecule has 1 saturated heterocycles. The molecule has 1 saturated carbocycles. The lowest BCUT2D eigenvalue weighted by molar-refractivity contribution is -0.149. The summed E-state index contributed by atoms with van der Waals surface area (Å²) in [5.41, 5.74) is -0.593. The number of carboxylic acid groups (broad SMARTS) is 1. The monoisotopic (exact) mass is 282 g/mol. The van der Waals surface area contributed by atoms with Gasteiger partial charge in [-0.25, -0.2) is 0 Å². The van der Waals surface area contributed by atoms with Crippen LogP contribution in [0.25, 0.3) is 0 Å². The van der Waals surface area contributed by atoms with E-state index in [2.05, 4.69) is 19.2 Å². The summed E-state index contributed by atoms with van der Waals surface area (Å²) in [6, 6.07) is 0.151. The van der Waals surface area contributed by atoms with E-state index in [-0.39, 0.29) is 17.9 Å². The number of aliphatic carboxylic acids is 1. The van der Waals surface area contributed by atoms with Crippen molar-refractivity contribution in [2.45, 2.75) is 46.1 Å². The molecule has 114 valence electrons. The highest BCUT2D eigenvalue weighted by molar-refractivity contribution is 5.79. The van der Waals surface area contributed by atoms with Gasteiger partial charge in [0, 0.05) is 19.1 Å². The van der Waals surface area contributed by atoms with Gasteiger partial charge in [-0.1, -0.05) is 20.3 Å². The second kappa shape index (κ2) is 5.72. The molecule has 3 atom stereocenters. The average molecular weight is 282 g/mol. The number of rotatable bonds is 5. The van der Waals surface area contributed by atoms with Gasteiger partial charge >= 0.3 is 5.97 Å². The Kier molecular flexibility index (Phi) is 4.37. The van der Waals surface area contributed by atoms with Crippen molar-refractivity contribution in [3.05, 3.63) is 0 Å². The van der Waals surface area contributed by atoms with Crippen molar-refractivity contribution < 1.29 is 14.7 Å². The number of nitrogens with zero attached hydrogens (tertiary/aromatic N) is 1. The van der Waals surface area contributed by atoms with Crippen LogP contribution >= 0.6 is 0 Å². The van der Waals surface area contributed by atoms with Gasteiger partial charge < -0.3 is 10.4 Å². The average Bonchev–Trinajstić information content (AvgIpc) is 2.85. The van der Waals surface area contributed by atoms with Crippen LogP contribution in [0.4, 0.5) is 0 Å². The Hall–Kier alpha value is -1.10. The summed E-state index contributed by atoms with van der Waals surface area (Å²) in [4.78, 5) is 25.6. The first-order valence-corrected chi connectivity index (χ1v) is 7.60. The van der Waals surface area contributed by atoms with Gasteiger partial charge in [0.25, 0.3) is 0 Å². The van der Waals surface area contributed by atoms with Crippen LogP contribution in [0.1, 0.15) is 40.0 Å². The van der Waals surface area contributed by atoms with Crippen molar-refractivity contribution in [2.75, 3.05) is 19.6 Å². The van der Waals surface area contributed by atoms with Crippen molar-refractivity contribution in [2.24, 2.45) is 17.3 Å². The van der Waals surface area contributed by atoms with E-state index in [9.17, 15) is 14.7 Å². The molecular weight excluding hydrogens is 256 g/mol. The summed E-state index contributed by atoms with van der Waals surface area (Å²) in [6.07, 6.45) is 2.74. The van der Waals surface area contributed by atoms with Gasteiger partial charge in [-0.05, 0) is 31.6 Å². The van der Waals surface area contributed by atoms with Crippen molar-refractivity contribution >= 4 is 11.9 Å². The fourth-order valence-corrected chi connectivity index (χ4v) is 3.53. The molecule has 5 nitrogen and oxygen atoms in total. The molecule has 5 heteroatoms. The fraction of sp³-hybridized carbons (Fsp3) is 0.867. The molecule has 1 aliphatic carbocycles. The Morgan fingerprint density at radius 2 is 2.10 bits per heavy atom. The van der Waals surface area contributed by atoms with Crippen molar-refractivity contribution in [1.82, 2.24) is 10.2 Å². The molecule has 20 heavy (non-hydrogen) atoms. The Labute approximate surface area is 120 Å². The van der Waals surface area contributed by atoms with Crippen LogP contribution in [0, 0.1) is 17.3 Å². The van der Waals surface area contributed by atoms with Crippen LogP contribution in [0.3, 0.4) is 0 Å². The topological polar surface area (TPSA) is 69.6 Å². The summed E-state index contributed by atoms with van der Waals surface area (Å²) in [7, 11) is 0. The normalized spacial score (nSPS) is 31.3. The largest absolute Gasteiger partial charge is 0.481 e. The first-order chi connectivity index (χ1) is 9.35. The van der Waals surface area contributed by atoms with E-state index in [0.717, 1.165) is 25.8 Å². The molecule has 0 aromatic heterocycles. The van der Waals surface area contributed by atoms with Crippen molar-refractivity contribution in [3.8, 4) is 0 Å². The number of carbonyl (C=O) groups is 2. The summed E-state index contributed by atoms with van der Waals surface area (Å²) < 4.78 is 0. The number of carbonyl (C=O) groups excluding carboxylic acids is 1. The minimum atomic E-state index is -0.682. The smallest absolute Gasteiger partial charge is 0.311 e. The summed E-state index contributed by atoms with van der Waals surface area (Å²) in [6.45, 7) is 7.74. The molecule has 0 aromatic carbocycles. The molecule has 0 spiro atoms. The van der Waals surface area contributed by atoms with Gasteiger partial charge in [0.15, 0.2) is 0 Å². The molecule has 0 aromatic rings. The van der Waals surface area contributed by atoms with Gasteiger partial charge in [0.2, 0.25) is 5.91 Å². The van der Waals surface area contributed by atoms with Gasteiger partial charge in [0.05, 0.1) is 12.0 Å². The third kappa shape index (κ3) is 2.82. The highest BCUT2D eigenvalue weighted by Crippen LogP contribution is 2.48. The zero-order valence-corrected chi connectivity index (χ0v) is 12.7. The second-order valence-corrected chi connectivity index (χ2v) is 6.82. The van der Waals surface area contributed by atoms with Crippen LogP contribution in [0.2, 0.25) is 0 Å². The number of nitrogens with one attached hydrogen (secondary N) is 1. The molecule has 1 amide bonds. The number of amides is 1. The third-order valence-electron chi connectivity index (χ3n) is 5.12. The highest BCUT2D eigenvalue weighted by atomic mass is 16.4. The Morgan fingerprint density at radius 1 is 1.40 bits per heavy atom. The summed E-state index contributed by atoms with van der Waals surface area (Å²) in [5.74, 6) is -0.0530. The zero-order valence-electron chi connectivity index (χ0n) is 12.7. The van der Waals surface area contributed by atoms with Crippen molar-refractivity contribution in [3.63, 3.8) is 0 Å². The number of fused-ring (bicyclic) bond motifs is 1. The molecule has 2 fully saturated rings. The van der Waals surface area contributed by atoms with Crippen LogP contribution in [0.5, 0.6) is 0 Å². The summed E-state index contributed by atoms with van der Waals surface area (Å²) >= 11 is 0. The minimum Gasteiger partial charge on any atom is -0.481 e. The molecule has 0 radical (unpaired) electrons. The third-order valence-corrected chi connectivity index (χ3v) is 5.12. The molecule has 2 rings (SSSR count). The lowest BCUT2D eigenvalue weighted by Crippen LogP contribution is -2.43. The van der Waals surface area contributed by atoms with E-state index < -0.39 is 11.4 Å². The molecule has 1 heterocycles. The van der Waals surface area contributed by atoms with Crippen molar-refractivity contribution in [1.29, 1.82) is 0 Å². The maximum atomic E-state index is 12.0. The fourth-order valence-electron chi connectivity index (χ4n) is 3.53. The van der Waals surface area contributed by atoms with Gasteiger partial charge in [-0.3, -0.25) is 14.5 Å². The Morgan fingerprint density at radius 3 is 2.65 bits per heavy atom. The summed E-state index contributed by atoms with van der Waals surface area (Å²) in [5, 5.41) is 12.5. The Bertz CT molecular complexity index is 397. The van der Waals surface area contributed by atoms with Crippen LogP contribution < -0.4 is 5.32 Å². The molecule has 2 N–H and O–H groups in total. The predicted molar refractivity (Wildman–Crippen MR) is 76.3 cm³/mol. The van der Waals surface area contributed by atoms with Gasteiger partial charge in [-0.2, -0.15) is 0 Å². The van der Waals surface area contributed by atoms with E-state index in [1.807, 2.05) is 11.8 Å². The first-order valence-electron chi connectivity index (χ1n) is 7.60. The van der Waals surface area contributed by atoms with Crippen LogP contribution in [0.15, 0.2) is 0 Å². The van der Waals surface area contributed by atoms with Crippen LogP contribution in [-0.4, -0.2) is 47.6 Å². The highest BCUT2D eigenvalue weighted by Gasteiger charge is 2.54. The number of hydrogen-bond acceptors (Lipinski definition) is 3. The van der Waals surface area contributed by atoms with E-state index >= 15 is 0 Å². The van der Waals surface area contributed by atoms with Crippen LogP contribution in [-0.2, 0) is 9.59 Å². The molecule has 1 aliphatic heterocycles. The SMILES string of the molecule is CC(C)C(C)NC(=O)CN1C[C@@H]2CCC[C@@]2(C(=O)O)C1. The predicted octanol–water partition coefficient (Wildman–Crippen LogP) is 1.33. The number of carboxylic acids is 1. The van der Waals surface area contributed by atoms with E-state index in [4.69, 9.17) is 0 Å². The lowest BCUT2D eigenvalue weighted by Gasteiger charge is -2.24. The molecule has 1 unspecified atom stereocenters. The number of hydrogen-bond donors (Lipinski definition) is 2. The van der Waals surface area contributed by atoms with Gasteiger partial charge in [0.1, 0.15) is 0 Å².